The smallest absolute Gasteiger partial charge is 0.159 e. The molecule has 5 N–H and O–H groups in total. The zero-order valence-electron chi connectivity index (χ0n) is 37.8. The van der Waals surface area contributed by atoms with Gasteiger partial charge in [0.25, 0.3) is 0 Å². The van der Waals surface area contributed by atoms with Gasteiger partial charge in [0.2, 0.25) is 0 Å². The third kappa shape index (κ3) is 6.78. The Morgan fingerprint density at radius 3 is 2.34 bits per heavy atom. The normalized spacial score (nSPS) is 38.6. The van der Waals surface area contributed by atoms with E-state index >= 15 is 0 Å². The summed E-state index contributed by atoms with van der Waals surface area (Å²) in [5, 5.41) is 25.9. The van der Waals surface area contributed by atoms with E-state index in [4.69, 9.17) is 10.5 Å². The summed E-state index contributed by atoms with van der Waals surface area (Å²) in [6.45, 7) is 21.2. The Morgan fingerprint density at radius 1 is 0.898 bits per heavy atom. The molecule has 5 fully saturated rings. The van der Waals surface area contributed by atoms with Gasteiger partial charge in [0, 0.05) is 35.4 Å². The number of phenols is 1. The van der Waals surface area contributed by atoms with E-state index in [1.807, 2.05) is 13.1 Å². The summed E-state index contributed by atoms with van der Waals surface area (Å²) >= 11 is 0. The standard InChI is InChI=1S/C52H74N2O5/c1-29(2)18-31-20-33(24-35(53)22-31)37-12-11-13-39(37)52(9)47(59-52)41(56)19-30(3)45-40-14-15-44-49(6)26-38(34-21-32(28-54-10)23-36(55)25-34)46(58)48(4,5)43(49)16-17-50(44,7)51(40,8)27-42(45)57/h20-25,29-30,37-39,41,43-44,47,54-56H,11-19,26-28,53H2,1-10H3/t30-,37+,38-,39-,41-,43+,44-,47-,49-,50+,51+,52-/m1/s1. The summed E-state index contributed by atoms with van der Waals surface area (Å²) in [6.07, 6.45) is 9.12. The van der Waals surface area contributed by atoms with Gasteiger partial charge in [0.1, 0.15) is 17.6 Å². The van der Waals surface area contributed by atoms with Crippen molar-refractivity contribution in [1.29, 1.82) is 0 Å². The monoisotopic (exact) mass is 807 g/mol. The zero-order valence-corrected chi connectivity index (χ0v) is 37.8. The Morgan fingerprint density at radius 2 is 1.63 bits per heavy atom. The van der Waals surface area contributed by atoms with Crippen LogP contribution < -0.4 is 11.1 Å². The number of aromatic hydroxyl groups is 1. The minimum Gasteiger partial charge on any atom is -0.508 e. The lowest BCUT2D eigenvalue weighted by molar-refractivity contribution is -0.183. The third-order valence-corrected chi connectivity index (χ3v) is 18.0. The second-order valence-electron chi connectivity index (χ2n) is 22.4. The Labute approximate surface area is 354 Å². The summed E-state index contributed by atoms with van der Waals surface area (Å²) < 4.78 is 6.56. The average molecular weight is 807 g/mol. The molecule has 59 heavy (non-hydrogen) atoms. The number of ether oxygens (including phenoxy) is 1. The Bertz CT molecular complexity index is 2040. The summed E-state index contributed by atoms with van der Waals surface area (Å²) in [7, 11) is 1.90. The van der Waals surface area contributed by atoms with Gasteiger partial charge < -0.3 is 26.0 Å². The average Bonchev–Trinajstić information content (AvgIpc) is 3.45. The number of phenolic OH excluding ortho intramolecular Hbond substituents is 1. The van der Waals surface area contributed by atoms with E-state index in [0.717, 1.165) is 80.2 Å². The summed E-state index contributed by atoms with van der Waals surface area (Å²) in [4.78, 5) is 28.9. The lowest BCUT2D eigenvalue weighted by Gasteiger charge is -2.68. The van der Waals surface area contributed by atoms with Crippen molar-refractivity contribution in [2.45, 2.75) is 169 Å². The molecule has 0 bridgehead atoms. The number of nitrogens with two attached hydrogens (primary N) is 1. The molecule has 7 nitrogen and oxygen atoms in total. The summed E-state index contributed by atoms with van der Waals surface area (Å²) in [5.41, 5.74) is 12.7. The first-order valence-electron chi connectivity index (χ1n) is 23.2. The molecule has 2 aromatic rings. The van der Waals surface area contributed by atoms with Crippen LogP contribution in [0.25, 0.3) is 0 Å². The molecule has 0 unspecified atom stereocenters. The number of hydrogen-bond acceptors (Lipinski definition) is 7. The number of Topliss-reactive ketones (excluding diaryl/α,β-unsaturated/α-hetero) is 2. The maximum absolute atomic E-state index is 14.5. The molecule has 0 spiro atoms. The van der Waals surface area contributed by atoms with Crippen molar-refractivity contribution in [3.63, 3.8) is 0 Å². The molecule has 1 heterocycles. The Hall–Kier alpha value is -3.00. The number of anilines is 1. The lowest BCUT2D eigenvalue weighted by atomic mass is 9.35. The van der Waals surface area contributed by atoms with E-state index < -0.39 is 17.1 Å². The Balaban J connectivity index is 1.02. The van der Waals surface area contributed by atoms with E-state index in [1.165, 1.54) is 16.7 Å². The first-order chi connectivity index (χ1) is 27.7. The van der Waals surface area contributed by atoms with Crippen molar-refractivity contribution in [3.05, 3.63) is 69.8 Å². The number of allylic oxidation sites excluding steroid dienone is 2. The van der Waals surface area contributed by atoms with Gasteiger partial charge in [-0.2, -0.15) is 0 Å². The predicted molar refractivity (Wildman–Crippen MR) is 236 cm³/mol. The molecular formula is C52H74N2O5. The SMILES string of the molecule is CNCc1cc(O)cc([C@H]2C[C@@]3(C)[C@H]4CCC5=C([C@H](C)C[C@@H](O)[C@H]6O[C@]6(C)[C@@H]6CCC[C@H]6c6cc(N)cc(CC(C)C)c6)C(=O)C[C@]5(C)[C@@]4(C)CC[C@H]3C(C)(C)C2=O)c1. The van der Waals surface area contributed by atoms with Gasteiger partial charge >= 0.3 is 0 Å². The lowest BCUT2D eigenvalue weighted by Crippen LogP contribution is -2.63. The summed E-state index contributed by atoms with van der Waals surface area (Å²) in [5.74, 6) is 2.25. The number of nitrogens with one attached hydrogen (secondary N) is 1. The number of nitrogen functional groups attached to an aromatic ring is 1. The van der Waals surface area contributed by atoms with E-state index in [-0.39, 0.29) is 57.4 Å². The first kappa shape index (κ1) is 42.7. The molecule has 7 heteroatoms. The van der Waals surface area contributed by atoms with Gasteiger partial charge in [-0.25, -0.2) is 0 Å². The molecule has 5 aliphatic carbocycles. The van der Waals surface area contributed by atoms with Gasteiger partial charge in [-0.05, 0) is 170 Å². The van der Waals surface area contributed by atoms with Crippen LogP contribution in [-0.2, 0) is 27.3 Å². The van der Waals surface area contributed by atoms with Crippen LogP contribution in [0.3, 0.4) is 0 Å². The minimum absolute atomic E-state index is 0.0603. The highest BCUT2D eigenvalue weighted by Crippen LogP contribution is 2.75. The van der Waals surface area contributed by atoms with E-state index in [0.29, 0.717) is 43.1 Å². The molecule has 2 aromatic carbocycles. The van der Waals surface area contributed by atoms with Crippen molar-refractivity contribution < 1.29 is 24.5 Å². The molecular weight excluding hydrogens is 733 g/mol. The molecule has 8 rings (SSSR count). The van der Waals surface area contributed by atoms with Crippen LogP contribution in [0.1, 0.15) is 161 Å². The van der Waals surface area contributed by atoms with Crippen LogP contribution in [0, 0.1) is 51.2 Å². The molecule has 1 saturated heterocycles. The van der Waals surface area contributed by atoms with Crippen molar-refractivity contribution in [2.75, 3.05) is 12.8 Å². The highest BCUT2D eigenvalue weighted by molar-refractivity contribution is 6.00. The van der Waals surface area contributed by atoms with E-state index in [9.17, 15) is 19.8 Å². The zero-order chi connectivity index (χ0) is 42.6. The van der Waals surface area contributed by atoms with Crippen molar-refractivity contribution in [2.24, 2.45) is 51.2 Å². The van der Waals surface area contributed by atoms with Crippen LogP contribution >= 0.6 is 0 Å². The number of epoxide rings is 1. The van der Waals surface area contributed by atoms with Crippen molar-refractivity contribution >= 4 is 17.3 Å². The number of ketones is 2. The number of rotatable bonds is 11. The third-order valence-electron chi connectivity index (χ3n) is 18.0. The van der Waals surface area contributed by atoms with E-state index in [2.05, 4.69) is 91.9 Å². The molecule has 6 aliphatic rings. The number of benzene rings is 2. The fraction of sp³-hybridized carbons (Fsp3) is 0.692. The summed E-state index contributed by atoms with van der Waals surface area (Å²) in [6, 6.07) is 12.4. The van der Waals surface area contributed by atoms with Gasteiger partial charge in [0.05, 0.1) is 11.7 Å². The van der Waals surface area contributed by atoms with Crippen LogP contribution in [0.4, 0.5) is 5.69 Å². The maximum Gasteiger partial charge on any atom is 0.159 e. The van der Waals surface area contributed by atoms with E-state index in [1.54, 1.807) is 6.07 Å². The highest BCUT2D eigenvalue weighted by Gasteiger charge is 2.69. The number of aliphatic hydroxyl groups is 1. The largest absolute Gasteiger partial charge is 0.508 e. The molecule has 0 radical (unpaired) electrons. The van der Waals surface area contributed by atoms with Crippen LogP contribution in [-0.4, -0.2) is 46.6 Å². The number of fused-ring (bicyclic) bond motifs is 5. The number of hydrogen-bond donors (Lipinski definition) is 4. The second-order valence-corrected chi connectivity index (χ2v) is 22.4. The van der Waals surface area contributed by atoms with Gasteiger partial charge in [-0.15, -0.1) is 0 Å². The van der Waals surface area contributed by atoms with Gasteiger partial charge in [0.15, 0.2) is 5.78 Å². The molecule has 12 atom stereocenters. The quantitative estimate of drug-likeness (QED) is 0.132. The first-order valence-corrected chi connectivity index (χ1v) is 23.2. The molecule has 322 valence electrons. The number of carbonyl (C=O) groups is 2. The maximum atomic E-state index is 14.5. The Kier molecular flexibility index (Phi) is 10.7. The fourth-order valence-corrected chi connectivity index (χ4v) is 15.3. The minimum atomic E-state index is -0.646. The fourth-order valence-electron chi connectivity index (χ4n) is 15.3. The second kappa shape index (κ2) is 14.8. The van der Waals surface area contributed by atoms with Crippen molar-refractivity contribution in [1.82, 2.24) is 5.32 Å². The van der Waals surface area contributed by atoms with Crippen LogP contribution in [0.5, 0.6) is 5.75 Å². The number of aliphatic hydroxyl groups excluding tert-OH is 1. The molecule has 0 amide bonds. The molecule has 4 saturated carbocycles. The van der Waals surface area contributed by atoms with Crippen molar-refractivity contribution in [3.8, 4) is 5.75 Å². The highest BCUT2D eigenvalue weighted by atomic mass is 16.6. The van der Waals surface area contributed by atoms with Gasteiger partial charge in [-0.1, -0.05) is 79.5 Å². The molecule has 0 aromatic heterocycles. The number of carbonyl (C=O) groups excluding carboxylic acids is 2. The van der Waals surface area contributed by atoms with Crippen LogP contribution in [0.2, 0.25) is 0 Å². The topological polar surface area (TPSA) is 125 Å². The van der Waals surface area contributed by atoms with Crippen LogP contribution in [0.15, 0.2) is 47.5 Å². The molecule has 1 aliphatic heterocycles. The van der Waals surface area contributed by atoms with Gasteiger partial charge in [-0.3, -0.25) is 9.59 Å². The predicted octanol–water partition coefficient (Wildman–Crippen LogP) is 10.2.